The molecule has 1 saturated carbocycles. The van der Waals surface area contributed by atoms with Gasteiger partial charge in [0.15, 0.2) is 0 Å². The summed E-state index contributed by atoms with van der Waals surface area (Å²) in [6, 6.07) is 0.537. The van der Waals surface area contributed by atoms with Gasteiger partial charge in [0.2, 0.25) is 0 Å². The molecular formula is C8H14ClNO2. The molecule has 1 aliphatic carbocycles. The highest BCUT2D eigenvalue weighted by Crippen LogP contribution is 2.53. The van der Waals surface area contributed by atoms with Gasteiger partial charge in [-0.3, -0.25) is 4.79 Å². The Morgan fingerprint density at radius 2 is 2.25 bits per heavy atom. The summed E-state index contributed by atoms with van der Waals surface area (Å²) in [7, 11) is 1.44. The maximum atomic E-state index is 11.0. The number of methoxy groups -OCH3 is 1. The van der Waals surface area contributed by atoms with Crippen molar-refractivity contribution in [2.45, 2.75) is 31.8 Å². The number of piperidine rings is 1. The van der Waals surface area contributed by atoms with Crippen LogP contribution < -0.4 is 5.32 Å². The van der Waals surface area contributed by atoms with E-state index in [1.165, 1.54) is 13.5 Å². The Morgan fingerprint density at radius 1 is 1.58 bits per heavy atom. The van der Waals surface area contributed by atoms with Crippen LogP contribution in [0.1, 0.15) is 19.8 Å². The van der Waals surface area contributed by atoms with Crippen LogP contribution in [0.5, 0.6) is 0 Å². The van der Waals surface area contributed by atoms with E-state index in [4.69, 9.17) is 0 Å². The van der Waals surface area contributed by atoms with E-state index in [2.05, 4.69) is 17.0 Å². The lowest BCUT2D eigenvalue weighted by molar-refractivity contribution is -0.143. The van der Waals surface area contributed by atoms with Crippen LogP contribution in [0.2, 0.25) is 0 Å². The molecule has 3 atom stereocenters. The third kappa shape index (κ3) is 1.31. The average Bonchev–Trinajstić information content (AvgIpc) is 2.49. The Labute approximate surface area is 78.3 Å². The first-order chi connectivity index (χ1) is 5.15. The molecule has 1 aliphatic heterocycles. The lowest BCUT2D eigenvalue weighted by Gasteiger charge is -2.10. The zero-order valence-corrected chi connectivity index (χ0v) is 8.11. The highest BCUT2D eigenvalue weighted by molar-refractivity contribution is 5.85. The van der Waals surface area contributed by atoms with Crippen LogP contribution in [0.15, 0.2) is 0 Å². The van der Waals surface area contributed by atoms with E-state index in [0.717, 1.165) is 6.42 Å². The van der Waals surface area contributed by atoms with Crippen LogP contribution in [-0.2, 0) is 9.53 Å². The van der Waals surface area contributed by atoms with Gasteiger partial charge in [-0.1, -0.05) is 6.92 Å². The number of hydrogen-bond acceptors (Lipinski definition) is 3. The van der Waals surface area contributed by atoms with Crippen molar-refractivity contribution >= 4 is 18.4 Å². The zero-order valence-electron chi connectivity index (χ0n) is 7.29. The van der Waals surface area contributed by atoms with Gasteiger partial charge in [-0.25, -0.2) is 0 Å². The minimum atomic E-state index is -0.113. The standard InChI is InChI=1S/C8H13NO2.ClH/c1-8-3-5(7(10)11-2)9-6(8)4-8;/h5-6,9H,3-4H2,1-2H3;1H/t5?,6?,8-;/m1./s1. The number of carbonyl (C=O) groups is 1. The number of hydrogen-bond donors (Lipinski definition) is 1. The molecule has 70 valence electrons. The second-order valence-electron chi connectivity index (χ2n) is 3.86. The SMILES string of the molecule is COC(=O)C1C[C@]2(C)CC2N1.Cl. The van der Waals surface area contributed by atoms with Gasteiger partial charge in [-0.05, 0) is 18.3 Å². The fraction of sp³-hybridized carbons (Fsp3) is 0.875. The first kappa shape index (κ1) is 9.81. The molecule has 1 N–H and O–H groups in total. The summed E-state index contributed by atoms with van der Waals surface area (Å²) in [5.74, 6) is -0.113. The van der Waals surface area contributed by atoms with E-state index in [9.17, 15) is 4.79 Å². The lowest BCUT2D eigenvalue weighted by atomic mass is 10.0. The summed E-state index contributed by atoms with van der Waals surface area (Å²) in [4.78, 5) is 11.0. The average molecular weight is 192 g/mol. The molecule has 2 unspecified atom stereocenters. The Bertz CT molecular complexity index is 209. The van der Waals surface area contributed by atoms with Gasteiger partial charge in [0.1, 0.15) is 6.04 Å². The van der Waals surface area contributed by atoms with Crippen LogP contribution in [0, 0.1) is 5.41 Å². The Balaban J connectivity index is 0.000000720. The number of nitrogens with one attached hydrogen (secondary N) is 1. The van der Waals surface area contributed by atoms with Gasteiger partial charge in [-0.15, -0.1) is 12.4 Å². The van der Waals surface area contributed by atoms with Crippen molar-refractivity contribution in [3.63, 3.8) is 0 Å². The molecule has 3 nitrogen and oxygen atoms in total. The second kappa shape index (κ2) is 2.89. The topological polar surface area (TPSA) is 38.3 Å². The number of rotatable bonds is 1. The summed E-state index contributed by atoms with van der Waals surface area (Å²) in [5, 5.41) is 3.24. The number of fused-ring (bicyclic) bond motifs is 1. The van der Waals surface area contributed by atoms with Crippen LogP contribution in [-0.4, -0.2) is 25.2 Å². The zero-order chi connectivity index (χ0) is 8.06. The molecule has 2 rings (SSSR count). The minimum Gasteiger partial charge on any atom is -0.468 e. The predicted octanol–water partition coefficient (Wildman–Crippen LogP) is 0.722. The molecule has 0 aromatic heterocycles. The molecule has 0 spiro atoms. The molecule has 0 bridgehead atoms. The van der Waals surface area contributed by atoms with Crippen molar-refractivity contribution in [3.05, 3.63) is 0 Å². The highest BCUT2D eigenvalue weighted by Gasteiger charge is 2.58. The van der Waals surface area contributed by atoms with E-state index < -0.39 is 0 Å². The Hall–Kier alpha value is -0.280. The van der Waals surface area contributed by atoms with Crippen molar-refractivity contribution in [3.8, 4) is 0 Å². The first-order valence-electron chi connectivity index (χ1n) is 3.99. The van der Waals surface area contributed by atoms with E-state index in [1.54, 1.807) is 0 Å². The van der Waals surface area contributed by atoms with Crippen molar-refractivity contribution in [2.24, 2.45) is 5.41 Å². The van der Waals surface area contributed by atoms with Gasteiger partial charge in [0.25, 0.3) is 0 Å². The number of ether oxygens (including phenoxy) is 1. The predicted molar refractivity (Wildman–Crippen MR) is 47.3 cm³/mol. The van der Waals surface area contributed by atoms with E-state index in [1.807, 2.05) is 0 Å². The van der Waals surface area contributed by atoms with E-state index in [-0.39, 0.29) is 24.4 Å². The summed E-state index contributed by atoms with van der Waals surface area (Å²) in [6.45, 7) is 2.22. The van der Waals surface area contributed by atoms with Gasteiger partial charge in [0, 0.05) is 6.04 Å². The molecule has 2 fully saturated rings. The van der Waals surface area contributed by atoms with Crippen molar-refractivity contribution in [1.82, 2.24) is 5.32 Å². The van der Waals surface area contributed by atoms with Crippen LogP contribution >= 0.6 is 12.4 Å². The highest BCUT2D eigenvalue weighted by atomic mass is 35.5. The van der Waals surface area contributed by atoms with Gasteiger partial charge >= 0.3 is 5.97 Å². The molecule has 1 heterocycles. The largest absolute Gasteiger partial charge is 0.468 e. The quantitative estimate of drug-likeness (QED) is 0.621. The maximum Gasteiger partial charge on any atom is 0.322 e. The fourth-order valence-corrected chi connectivity index (χ4v) is 1.95. The third-order valence-electron chi connectivity index (χ3n) is 2.91. The minimum absolute atomic E-state index is 0. The Kier molecular flexibility index (Phi) is 2.36. The molecule has 12 heavy (non-hydrogen) atoms. The second-order valence-corrected chi connectivity index (χ2v) is 3.86. The first-order valence-corrected chi connectivity index (χ1v) is 3.99. The molecule has 0 aromatic carbocycles. The molecule has 0 amide bonds. The maximum absolute atomic E-state index is 11.0. The van der Waals surface area contributed by atoms with Crippen molar-refractivity contribution in [1.29, 1.82) is 0 Å². The molecule has 4 heteroatoms. The summed E-state index contributed by atoms with van der Waals surface area (Å²) in [6.07, 6.45) is 2.17. The van der Waals surface area contributed by atoms with Crippen molar-refractivity contribution < 1.29 is 9.53 Å². The normalized spacial score (nSPS) is 42.8. The summed E-state index contributed by atoms with van der Waals surface area (Å²) < 4.78 is 4.65. The summed E-state index contributed by atoms with van der Waals surface area (Å²) >= 11 is 0. The molecule has 2 aliphatic rings. The van der Waals surface area contributed by atoms with E-state index in [0.29, 0.717) is 11.5 Å². The van der Waals surface area contributed by atoms with Crippen LogP contribution in [0.4, 0.5) is 0 Å². The Morgan fingerprint density at radius 3 is 2.67 bits per heavy atom. The fourth-order valence-electron chi connectivity index (χ4n) is 1.95. The third-order valence-corrected chi connectivity index (χ3v) is 2.91. The van der Waals surface area contributed by atoms with Gasteiger partial charge in [0.05, 0.1) is 7.11 Å². The van der Waals surface area contributed by atoms with Gasteiger partial charge in [-0.2, -0.15) is 0 Å². The van der Waals surface area contributed by atoms with Gasteiger partial charge < -0.3 is 10.1 Å². The lowest BCUT2D eigenvalue weighted by Crippen LogP contribution is -2.34. The summed E-state index contributed by atoms with van der Waals surface area (Å²) in [5.41, 5.74) is 0.402. The number of halogens is 1. The van der Waals surface area contributed by atoms with Crippen molar-refractivity contribution in [2.75, 3.05) is 7.11 Å². The molecule has 0 aromatic rings. The molecular weight excluding hydrogens is 178 g/mol. The molecule has 0 radical (unpaired) electrons. The van der Waals surface area contributed by atoms with Crippen LogP contribution in [0.25, 0.3) is 0 Å². The molecule has 1 saturated heterocycles. The number of esters is 1. The monoisotopic (exact) mass is 191 g/mol. The van der Waals surface area contributed by atoms with E-state index >= 15 is 0 Å². The number of carbonyl (C=O) groups excluding carboxylic acids is 1. The smallest absolute Gasteiger partial charge is 0.322 e. The van der Waals surface area contributed by atoms with Crippen LogP contribution in [0.3, 0.4) is 0 Å².